The number of carbonyl (C=O) groups excluding carboxylic acids is 1. The standard InChI is InChI=1S/C14H17BrN2O4/c1-2-16(9-10-5-4-8-21-10)14(18)11-6-3-7-12(13(11)15)17(19)20/h3,6-7,10H,2,4-5,8-9H2,1H3. The molecule has 1 unspecified atom stereocenters. The van der Waals surface area contributed by atoms with Crippen molar-refractivity contribution in [2.75, 3.05) is 19.7 Å². The van der Waals surface area contributed by atoms with Crippen molar-refractivity contribution in [3.05, 3.63) is 38.3 Å². The number of nitrogens with zero attached hydrogens (tertiary/aromatic N) is 2. The number of amides is 1. The summed E-state index contributed by atoms with van der Waals surface area (Å²) in [6.45, 7) is 3.67. The Morgan fingerprint density at radius 2 is 2.33 bits per heavy atom. The molecule has 1 fully saturated rings. The molecule has 1 amide bonds. The van der Waals surface area contributed by atoms with Gasteiger partial charge < -0.3 is 9.64 Å². The third-order valence-corrected chi connectivity index (χ3v) is 4.36. The van der Waals surface area contributed by atoms with Gasteiger partial charge in [0.15, 0.2) is 0 Å². The van der Waals surface area contributed by atoms with Crippen LogP contribution < -0.4 is 0 Å². The minimum atomic E-state index is -0.503. The van der Waals surface area contributed by atoms with Crippen LogP contribution in [0.5, 0.6) is 0 Å². The van der Waals surface area contributed by atoms with E-state index < -0.39 is 4.92 Å². The molecule has 1 aromatic carbocycles. The van der Waals surface area contributed by atoms with Crippen LogP contribution in [0.3, 0.4) is 0 Å². The lowest BCUT2D eigenvalue weighted by atomic mass is 10.1. The molecule has 1 atom stereocenters. The van der Waals surface area contributed by atoms with Crippen LogP contribution in [0.4, 0.5) is 5.69 Å². The molecule has 0 N–H and O–H groups in total. The van der Waals surface area contributed by atoms with Gasteiger partial charge in [0.05, 0.1) is 16.6 Å². The second kappa shape index (κ2) is 7.00. The van der Waals surface area contributed by atoms with Crippen LogP contribution >= 0.6 is 15.9 Å². The molecule has 0 bridgehead atoms. The Kier molecular flexibility index (Phi) is 5.30. The normalized spacial score (nSPS) is 17.7. The van der Waals surface area contributed by atoms with Crippen LogP contribution in [0.25, 0.3) is 0 Å². The SMILES string of the molecule is CCN(CC1CCCO1)C(=O)c1cccc([N+](=O)[O-])c1Br. The number of ether oxygens (including phenoxy) is 1. The first-order valence-electron chi connectivity index (χ1n) is 6.88. The molecule has 2 rings (SSSR count). The fraction of sp³-hybridized carbons (Fsp3) is 0.500. The van der Waals surface area contributed by atoms with E-state index in [1.165, 1.54) is 12.1 Å². The third kappa shape index (κ3) is 3.59. The minimum absolute atomic E-state index is 0.0615. The number of nitro groups is 1. The molecule has 1 saturated heterocycles. The lowest BCUT2D eigenvalue weighted by Gasteiger charge is -2.24. The van der Waals surface area contributed by atoms with Crippen molar-refractivity contribution in [3.8, 4) is 0 Å². The molecule has 7 heteroatoms. The Bertz CT molecular complexity index is 544. The summed E-state index contributed by atoms with van der Waals surface area (Å²) in [5, 5.41) is 10.9. The maximum atomic E-state index is 12.6. The first-order chi connectivity index (χ1) is 10.0. The first kappa shape index (κ1) is 15.9. The van der Waals surface area contributed by atoms with E-state index >= 15 is 0 Å². The molecule has 1 aliphatic rings. The van der Waals surface area contributed by atoms with Crippen molar-refractivity contribution in [3.63, 3.8) is 0 Å². The predicted octanol–water partition coefficient (Wildman–Crippen LogP) is 3.00. The number of halogens is 1. The zero-order valence-corrected chi connectivity index (χ0v) is 13.3. The zero-order valence-electron chi connectivity index (χ0n) is 11.8. The van der Waals surface area contributed by atoms with Crippen LogP contribution in [0.2, 0.25) is 0 Å². The molecule has 1 aliphatic heterocycles. The Labute approximate surface area is 131 Å². The fourth-order valence-corrected chi connectivity index (χ4v) is 2.96. The van der Waals surface area contributed by atoms with Crippen molar-refractivity contribution in [1.29, 1.82) is 0 Å². The molecule has 1 aromatic rings. The molecule has 0 spiro atoms. The largest absolute Gasteiger partial charge is 0.376 e. The summed E-state index contributed by atoms with van der Waals surface area (Å²) in [4.78, 5) is 24.7. The fourth-order valence-electron chi connectivity index (χ4n) is 2.39. The number of hydrogen-bond donors (Lipinski definition) is 0. The van der Waals surface area contributed by atoms with Crippen molar-refractivity contribution < 1.29 is 14.5 Å². The van der Waals surface area contributed by atoms with Gasteiger partial charge in [-0.1, -0.05) is 6.07 Å². The lowest BCUT2D eigenvalue weighted by molar-refractivity contribution is -0.385. The van der Waals surface area contributed by atoms with E-state index in [2.05, 4.69) is 15.9 Å². The van der Waals surface area contributed by atoms with Crippen LogP contribution in [0.1, 0.15) is 30.1 Å². The average Bonchev–Trinajstić information content (AvgIpc) is 2.97. The van der Waals surface area contributed by atoms with Gasteiger partial charge in [0, 0.05) is 25.8 Å². The van der Waals surface area contributed by atoms with Gasteiger partial charge in [-0.2, -0.15) is 0 Å². The van der Waals surface area contributed by atoms with Crippen molar-refractivity contribution >= 4 is 27.5 Å². The second-order valence-corrected chi connectivity index (χ2v) is 5.67. The van der Waals surface area contributed by atoms with Crippen molar-refractivity contribution in [1.82, 2.24) is 4.90 Å². The van der Waals surface area contributed by atoms with Crippen LogP contribution in [-0.2, 0) is 4.74 Å². The van der Waals surface area contributed by atoms with E-state index in [0.29, 0.717) is 18.7 Å². The summed E-state index contributed by atoms with van der Waals surface area (Å²) < 4.78 is 5.78. The molecule has 6 nitrogen and oxygen atoms in total. The molecule has 21 heavy (non-hydrogen) atoms. The zero-order chi connectivity index (χ0) is 15.4. The van der Waals surface area contributed by atoms with E-state index in [0.717, 1.165) is 19.4 Å². The summed E-state index contributed by atoms with van der Waals surface area (Å²) in [6, 6.07) is 4.49. The van der Waals surface area contributed by atoms with Crippen molar-refractivity contribution in [2.45, 2.75) is 25.9 Å². The first-order valence-corrected chi connectivity index (χ1v) is 7.67. The summed E-state index contributed by atoms with van der Waals surface area (Å²) in [6.07, 6.45) is 2.02. The van der Waals surface area contributed by atoms with Gasteiger partial charge in [0.2, 0.25) is 0 Å². The highest BCUT2D eigenvalue weighted by molar-refractivity contribution is 9.10. The third-order valence-electron chi connectivity index (χ3n) is 3.52. The van der Waals surface area contributed by atoms with E-state index in [1.807, 2.05) is 6.92 Å². The van der Waals surface area contributed by atoms with E-state index in [1.54, 1.807) is 11.0 Å². The minimum Gasteiger partial charge on any atom is -0.376 e. The molecular formula is C14H17BrN2O4. The van der Waals surface area contributed by atoms with Crippen LogP contribution in [-0.4, -0.2) is 41.5 Å². The van der Waals surface area contributed by atoms with Crippen molar-refractivity contribution in [2.24, 2.45) is 0 Å². The number of benzene rings is 1. The van der Waals surface area contributed by atoms with Gasteiger partial charge in [0.25, 0.3) is 11.6 Å². The van der Waals surface area contributed by atoms with Crippen LogP contribution in [0.15, 0.2) is 22.7 Å². The van der Waals surface area contributed by atoms with E-state index in [9.17, 15) is 14.9 Å². The quantitative estimate of drug-likeness (QED) is 0.600. The second-order valence-electron chi connectivity index (χ2n) is 4.87. The van der Waals surface area contributed by atoms with Gasteiger partial charge in [0.1, 0.15) is 4.47 Å². The topological polar surface area (TPSA) is 72.7 Å². The molecule has 0 aromatic heterocycles. The number of carbonyl (C=O) groups is 1. The summed E-state index contributed by atoms with van der Waals surface area (Å²) in [7, 11) is 0. The van der Waals surface area contributed by atoms with Gasteiger partial charge in [-0.15, -0.1) is 0 Å². The lowest BCUT2D eigenvalue weighted by Crippen LogP contribution is -2.37. The number of likely N-dealkylation sites (N-methyl/N-ethyl adjacent to an activating group) is 1. The highest BCUT2D eigenvalue weighted by atomic mass is 79.9. The molecular weight excluding hydrogens is 340 g/mol. The Balaban J connectivity index is 2.20. The smallest absolute Gasteiger partial charge is 0.284 e. The maximum Gasteiger partial charge on any atom is 0.284 e. The highest BCUT2D eigenvalue weighted by Crippen LogP contribution is 2.29. The van der Waals surface area contributed by atoms with Gasteiger partial charge in [-0.05, 0) is 41.8 Å². The van der Waals surface area contributed by atoms with Gasteiger partial charge >= 0.3 is 0 Å². The van der Waals surface area contributed by atoms with E-state index in [4.69, 9.17) is 4.74 Å². The average molecular weight is 357 g/mol. The Hall–Kier alpha value is -1.47. The maximum absolute atomic E-state index is 12.6. The molecule has 0 saturated carbocycles. The summed E-state index contributed by atoms with van der Waals surface area (Å²) in [5.74, 6) is -0.219. The predicted molar refractivity (Wildman–Crippen MR) is 81.3 cm³/mol. The van der Waals surface area contributed by atoms with E-state index in [-0.39, 0.29) is 22.2 Å². The highest BCUT2D eigenvalue weighted by Gasteiger charge is 2.26. The molecule has 114 valence electrons. The monoisotopic (exact) mass is 356 g/mol. The number of rotatable bonds is 5. The molecule has 1 heterocycles. The Morgan fingerprint density at radius 1 is 1.57 bits per heavy atom. The number of hydrogen-bond acceptors (Lipinski definition) is 4. The van der Waals surface area contributed by atoms with Crippen LogP contribution in [0, 0.1) is 10.1 Å². The molecule has 0 radical (unpaired) electrons. The summed E-state index contributed by atoms with van der Waals surface area (Å²) >= 11 is 3.17. The number of nitro benzene ring substituents is 1. The van der Waals surface area contributed by atoms with Gasteiger partial charge in [-0.3, -0.25) is 14.9 Å². The van der Waals surface area contributed by atoms with Gasteiger partial charge in [-0.25, -0.2) is 0 Å². The summed E-state index contributed by atoms with van der Waals surface area (Å²) in [5.41, 5.74) is 0.207. The Morgan fingerprint density at radius 3 is 2.90 bits per heavy atom. The molecule has 0 aliphatic carbocycles.